The number of hydrogen-bond donors (Lipinski definition) is 3. The molecule has 123 valence electrons. The van der Waals surface area contributed by atoms with Gasteiger partial charge < -0.3 is 15.1 Å². The van der Waals surface area contributed by atoms with E-state index in [-0.39, 0.29) is 6.42 Å². The number of anilines is 2. The fourth-order valence-electron chi connectivity index (χ4n) is 1.67. The number of pyridine rings is 2. The van der Waals surface area contributed by atoms with E-state index in [1.165, 1.54) is 5.12 Å². The van der Waals surface area contributed by atoms with Crippen molar-refractivity contribution in [2.24, 2.45) is 0 Å². The van der Waals surface area contributed by atoms with Crippen LogP contribution in [0.25, 0.3) is 0 Å². The first kappa shape index (κ1) is 16.9. The number of rotatable bonds is 7. The number of aliphatic hydroxyl groups is 2. The van der Waals surface area contributed by atoms with Crippen LogP contribution < -0.4 is 20.9 Å². The van der Waals surface area contributed by atoms with Gasteiger partial charge in [-0.05, 0) is 24.3 Å². The standard InChI is InChI=1S/C15H21N6O2/c1-4-15(22,23)19-21(14-7-5-6-10-16-14)18-13-9-8-12(11-17-13)20(2)3/h5-11,19,22-23H,4H2,1-3H3. The highest BCUT2D eigenvalue weighted by molar-refractivity contribution is 5.47. The van der Waals surface area contributed by atoms with Crippen LogP contribution in [-0.2, 0) is 0 Å². The molecule has 0 atom stereocenters. The topological polar surface area (TPSA) is 98.9 Å². The lowest BCUT2D eigenvalue weighted by Crippen LogP contribution is -2.56. The molecule has 0 bridgehead atoms. The van der Waals surface area contributed by atoms with E-state index in [2.05, 4.69) is 20.8 Å². The van der Waals surface area contributed by atoms with Crippen LogP contribution >= 0.6 is 0 Å². The lowest BCUT2D eigenvalue weighted by molar-refractivity contribution is -0.189. The Morgan fingerprint density at radius 2 is 1.96 bits per heavy atom. The Balaban J connectivity index is 2.20. The molecule has 1 radical (unpaired) electrons. The van der Waals surface area contributed by atoms with E-state index in [9.17, 15) is 10.2 Å². The molecule has 0 spiro atoms. The summed E-state index contributed by atoms with van der Waals surface area (Å²) in [6, 6.07) is 8.83. The third-order valence-electron chi connectivity index (χ3n) is 3.10. The van der Waals surface area contributed by atoms with E-state index < -0.39 is 5.91 Å². The van der Waals surface area contributed by atoms with Crippen molar-refractivity contribution < 1.29 is 10.2 Å². The predicted molar refractivity (Wildman–Crippen MR) is 87.7 cm³/mol. The monoisotopic (exact) mass is 317 g/mol. The Morgan fingerprint density at radius 3 is 2.48 bits per heavy atom. The summed E-state index contributed by atoms with van der Waals surface area (Å²) in [4.78, 5) is 10.3. The molecule has 0 fully saturated rings. The van der Waals surface area contributed by atoms with Crippen molar-refractivity contribution in [3.05, 3.63) is 42.7 Å². The lowest BCUT2D eigenvalue weighted by atomic mass is 10.4. The number of hydrogen-bond acceptors (Lipinski definition) is 7. The van der Waals surface area contributed by atoms with Gasteiger partial charge in [0.25, 0.3) is 0 Å². The molecule has 0 saturated heterocycles. The van der Waals surface area contributed by atoms with Crippen LogP contribution in [0.1, 0.15) is 13.3 Å². The SMILES string of the molecule is CCC(O)(O)NN([N]c1ccc(N(C)C)cn1)c1ccccn1. The van der Waals surface area contributed by atoms with Crippen LogP contribution in [0.2, 0.25) is 0 Å². The van der Waals surface area contributed by atoms with Crippen LogP contribution in [0.15, 0.2) is 42.7 Å². The van der Waals surface area contributed by atoms with Crippen LogP contribution in [0.4, 0.5) is 17.3 Å². The number of aromatic nitrogens is 2. The Kier molecular flexibility index (Phi) is 5.32. The van der Waals surface area contributed by atoms with Crippen LogP contribution in [0, 0.1) is 0 Å². The van der Waals surface area contributed by atoms with Crippen molar-refractivity contribution in [3.63, 3.8) is 0 Å². The second-order valence-electron chi connectivity index (χ2n) is 5.15. The van der Waals surface area contributed by atoms with Gasteiger partial charge in [-0.25, -0.2) is 9.97 Å². The molecular formula is C15H21N6O2. The molecule has 0 saturated carbocycles. The fraction of sp³-hybridized carbons (Fsp3) is 0.333. The van der Waals surface area contributed by atoms with Gasteiger partial charge in [-0.3, -0.25) is 0 Å². The molecule has 0 aliphatic heterocycles. The van der Waals surface area contributed by atoms with Crippen molar-refractivity contribution in [2.75, 3.05) is 24.1 Å². The van der Waals surface area contributed by atoms with Crippen molar-refractivity contribution in [1.29, 1.82) is 0 Å². The number of nitrogens with zero attached hydrogens (tertiary/aromatic N) is 5. The minimum absolute atomic E-state index is 0.0683. The van der Waals surface area contributed by atoms with Crippen LogP contribution in [-0.4, -0.2) is 40.2 Å². The van der Waals surface area contributed by atoms with E-state index >= 15 is 0 Å². The number of hydrazine groups is 1. The van der Waals surface area contributed by atoms with E-state index in [4.69, 9.17) is 0 Å². The zero-order valence-electron chi connectivity index (χ0n) is 13.4. The zero-order valence-corrected chi connectivity index (χ0v) is 13.4. The largest absolute Gasteiger partial charge is 0.376 e. The van der Waals surface area contributed by atoms with E-state index in [0.717, 1.165) is 5.69 Å². The third-order valence-corrected chi connectivity index (χ3v) is 3.10. The summed E-state index contributed by atoms with van der Waals surface area (Å²) in [6.45, 7) is 1.63. The summed E-state index contributed by atoms with van der Waals surface area (Å²) in [6.07, 6.45) is 3.34. The summed E-state index contributed by atoms with van der Waals surface area (Å²) in [5.74, 6) is -1.29. The van der Waals surface area contributed by atoms with Gasteiger partial charge in [0.15, 0.2) is 11.6 Å². The maximum atomic E-state index is 9.84. The molecular weight excluding hydrogens is 296 g/mol. The highest BCUT2D eigenvalue weighted by Gasteiger charge is 2.25. The molecule has 23 heavy (non-hydrogen) atoms. The predicted octanol–water partition coefficient (Wildman–Crippen LogP) is 0.753. The van der Waals surface area contributed by atoms with Gasteiger partial charge >= 0.3 is 0 Å². The van der Waals surface area contributed by atoms with E-state index in [1.54, 1.807) is 43.6 Å². The average molecular weight is 317 g/mol. The molecule has 2 heterocycles. The second kappa shape index (κ2) is 7.23. The average Bonchev–Trinajstić information content (AvgIpc) is 2.55. The summed E-state index contributed by atoms with van der Waals surface area (Å²) >= 11 is 0. The smallest absolute Gasteiger partial charge is 0.240 e. The first-order chi connectivity index (χ1) is 10.9. The van der Waals surface area contributed by atoms with Crippen molar-refractivity contribution in [1.82, 2.24) is 20.8 Å². The highest BCUT2D eigenvalue weighted by Crippen LogP contribution is 2.16. The van der Waals surface area contributed by atoms with Gasteiger partial charge in [0.1, 0.15) is 0 Å². The van der Waals surface area contributed by atoms with Gasteiger partial charge in [-0.1, -0.05) is 13.0 Å². The summed E-state index contributed by atoms with van der Waals surface area (Å²) in [5.41, 5.74) is 7.72. The molecule has 0 aromatic carbocycles. The van der Waals surface area contributed by atoms with Crippen LogP contribution in [0.3, 0.4) is 0 Å². The molecule has 2 aromatic heterocycles. The lowest BCUT2D eigenvalue weighted by Gasteiger charge is -2.29. The molecule has 0 aliphatic rings. The van der Waals surface area contributed by atoms with Crippen molar-refractivity contribution in [3.8, 4) is 0 Å². The van der Waals surface area contributed by atoms with Crippen molar-refractivity contribution in [2.45, 2.75) is 19.3 Å². The normalized spacial score (nSPS) is 11.2. The summed E-state index contributed by atoms with van der Waals surface area (Å²) in [7, 11) is 3.84. The first-order valence-electron chi connectivity index (χ1n) is 7.20. The molecule has 2 rings (SSSR count). The Labute approximate surface area is 135 Å². The minimum Gasteiger partial charge on any atom is -0.376 e. The summed E-state index contributed by atoms with van der Waals surface area (Å²) < 4.78 is 0. The molecule has 3 N–H and O–H groups in total. The Bertz CT molecular complexity index is 603. The van der Waals surface area contributed by atoms with Crippen molar-refractivity contribution >= 4 is 17.3 Å². The third kappa shape index (κ3) is 4.78. The molecule has 0 unspecified atom stereocenters. The fourth-order valence-corrected chi connectivity index (χ4v) is 1.67. The molecule has 2 aromatic rings. The van der Waals surface area contributed by atoms with Gasteiger partial charge in [0.2, 0.25) is 5.91 Å². The molecule has 8 heteroatoms. The van der Waals surface area contributed by atoms with Gasteiger partial charge in [-0.15, -0.1) is 5.43 Å². The molecule has 0 aliphatic carbocycles. The maximum Gasteiger partial charge on any atom is 0.240 e. The number of nitrogens with one attached hydrogen (secondary N) is 1. The summed E-state index contributed by atoms with van der Waals surface area (Å²) in [5, 5.41) is 20.9. The van der Waals surface area contributed by atoms with Gasteiger partial charge in [0.05, 0.1) is 11.9 Å². The minimum atomic E-state index is -2.11. The quantitative estimate of drug-likeness (QED) is 0.512. The van der Waals surface area contributed by atoms with E-state index in [0.29, 0.717) is 11.6 Å². The molecule has 0 amide bonds. The molecule has 8 nitrogen and oxygen atoms in total. The second-order valence-corrected chi connectivity index (χ2v) is 5.15. The van der Waals surface area contributed by atoms with Gasteiger partial charge in [-0.2, -0.15) is 10.5 Å². The maximum absolute atomic E-state index is 9.84. The van der Waals surface area contributed by atoms with E-state index in [1.807, 2.05) is 25.1 Å². The Morgan fingerprint density at radius 1 is 1.17 bits per heavy atom. The first-order valence-corrected chi connectivity index (χ1v) is 7.20. The van der Waals surface area contributed by atoms with Crippen LogP contribution in [0.5, 0.6) is 0 Å². The van der Waals surface area contributed by atoms with Gasteiger partial charge in [0, 0.05) is 26.7 Å². The Hall–Kier alpha value is -2.42. The zero-order chi connectivity index (χ0) is 16.9. The highest BCUT2D eigenvalue weighted by atomic mass is 16.5.